The van der Waals surface area contributed by atoms with Gasteiger partial charge in [-0.25, -0.2) is 16.8 Å². The topological polar surface area (TPSA) is 139 Å². The quantitative estimate of drug-likeness (QED) is 0.495. The highest BCUT2D eigenvalue weighted by Gasteiger charge is 2.23. The number of anilines is 2. The first-order valence-electron chi connectivity index (χ1n) is 9.73. The number of hydrogen-bond acceptors (Lipinski definition) is 7. The highest BCUT2D eigenvalue weighted by atomic mass is 32.2. The summed E-state index contributed by atoms with van der Waals surface area (Å²) in [7, 11) is -7.73. The van der Waals surface area contributed by atoms with Gasteiger partial charge in [0.15, 0.2) is 11.5 Å². The molecule has 1 aliphatic heterocycles. The summed E-state index contributed by atoms with van der Waals surface area (Å²) in [4.78, 5) is 0.106. The van der Waals surface area contributed by atoms with Gasteiger partial charge in [-0.1, -0.05) is 0 Å². The van der Waals surface area contributed by atoms with Gasteiger partial charge in [0.2, 0.25) is 0 Å². The van der Waals surface area contributed by atoms with Crippen molar-refractivity contribution in [2.24, 2.45) is 0 Å². The van der Waals surface area contributed by atoms with Crippen molar-refractivity contribution in [3.8, 4) is 11.5 Å². The largest absolute Gasteiger partial charge is 0.490 e. The van der Waals surface area contributed by atoms with Crippen LogP contribution in [0.15, 0.2) is 52.3 Å². The van der Waals surface area contributed by atoms with Crippen LogP contribution in [0.5, 0.6) is 11.5 Å². The molecule has 0 saturated carbocycles. The standard InChI is InChI=1S/C20H22N4O6S2/c1-13-20(14(2)22-21-13)32(27,28)24-16-6-4-15(5-7-16)23-31(25,26)17-8-9-18-19(12-17)30-11-3-10-29-18/h4-9,12,23-24H,3,10-11H2,1-2H3,(H,21,22). The highest BCUT2D eigenvalue weighted by Crippen LogP contribution is 2.32. The van der Waals surface area contributed by atoms with E-state index in [1.807, 2.05) is 0 Å². The third-order valence-electron chi connectivity index (χ3n) is 4.75. The van der Waals surface area contributed by atoms with Crippen LogP contribution in [0.1, 0.15) is 17.8 Å². The second-order valence-electron chi connectivity index (χ2n) is 7.21. The third-order valence-corrected chi connectivity index (χ3v) is 7.77. The van der Waals surface area contributed by atoms with E-state index in [1.54, 1.807) is 19.9 Å². The van der Waals surface area contributed by atoms with Gasteiger partial charge in [0.1, 0.15) is 4.90 Å². The van der Waals surface area contributed by atoms with Gasteiger partial charge in [-0.2, -0.15) is 5.10 Å². The summed E-state index contributed by atoms with van der Waals surface area (Å²) >= 11 is 0. The van der Waals surface area contributed by atoms with E-state index in [0.717, 1.165) is 0 Å². The van der Waals surface area contributed by atoms with Crippen LogP contribution in [-0.2, 0) is 20.0 Å². The molecule has 3 aromatic rings. The number of ether oxygens (including phenoxy) is 2. The molecule has 170 valence electrons. The van der Waals surface area contributed by atoms with Crippen LogP contribution in [0.2, 0.25) is 0 Å². The Kier molecular flexibility index (Phi) is 5.73. The summed E-state index contributed by atoms with van der Waals surface area (Å²) in [5.41, 5.74) is 1.34. The number of aromatic amines is 1. The Bertz CT molecular complexity index is 1330. The Labute approximate surface area is 186 Å². The summed E-state index contributed by atoms with van der Waals surface area (Å²) in [6.45, 7) is 4.16. The van der Waals surface area contributed by atoms with Crippen LogP contribution in [0.25, 0.3) is 0 Å². The van der Waals surface area contributed by atoms with E-state index < -0.39 is 20.0 Å². The van der Waals surface area contributed by atoms with Crippen LogP contribution in [0.3, 0.4) is 0 Å². The van der Waals surface area contributed by atoms with E-state index in [-0.39, 0.29) is 21.2 Å². The highest BCUT2D eigenvalue weighted by molar-refractivity contribution is 7.93. The molecule has 32 heavy (non-hydrogen) atoms. The molecule has 0 bridgehead atoms. The average Bonchev–Trinajstić information content (AvgIpc) is 2.94. The number of fused-ring (bicyclic) bond motifs is 1. The maximum atomic E-state index is 12.8. The number of aromatic nitrogens is 2. The third kappa shape index (κ3) is 4.50. The Balaban J connectivity index is 1.50. The molecule has 1 aliphatic rings. The summed E-state index contributed by atoms with van der Waals surface area (Å²) in [5.74, 6) is 0.876. The van der Waals surface area contributed by atoms with E-state index in [4.69, 9.17) is 9.47 Å². The minimum atomic E-state index is -3.89. The molecule has 3 N–H and O–H groups in total. The molecular formula is C20H22N4O6S2. The molecule has 0 spiro atoms. The minimum absolute atomic E-state index is 0.0254. The lowest BCUT2D eigenvalue weighted by atomic mass is 10.3. The number of hydrogen-bond donors (Lipinski definition) is 3. The number of nitrogens with zero attached hydrogens (tertiary/aromatic N) is 1. The molecule has 0 amide bonds. The molecule has 4 rings (SSSR count). The van der Waals surface area contributed by atoms with Crippen molar-refractivity contribution in [2.75, 3.05) is 22.7 Å². The predicted octanol–water partition coefficient (Wildman–Crippen LogP) is 2.79. The molecule has 0 fully saturated rings. The lowest BCUT2D eigenvalue weighted by molar-refractivity contribution is 0.297. The van der Waals surface area contributed by atoms with Gasteiger partial charge in [0.05, 0.1) is 29.5 Å². The molecule has 0 atom stereocenters. The SMILES string of the molecule is Cc1n[nH]c(C)c1S(=O)(=O)Nc1ccc(NS(=O)(=O)c2ccc3c(c2)OCCCO3)cc1. The Hall–Kier alpha value is -3.25. The second kappa shape index (κ2) is 8.36. The zero-order chi connectivity index (χ0) is 22.9. The fourth-order valence-electron chi connectivity index (χ4n) is 3.27. The smallest absolute Gasteiger partial charge is 0.265 e. The monoisotopic (exact) mass is 478 g/mol. The van der Waals surface area contributed by atoms with Crippen molar-refractivity contribution < 1.29 is 26.3 Å². The van der Waals surface area contributed by atoms with Gasteiger partial charge in [0, 0.05) is 23.9 Å². The predicted molar refractivity (Wildman–Crippen MR) is 118 cm³/mol. The van der Waals surface area contributed by atoms with Crippen LogP contribution in [-0.4, -0.2) is 40.2 Å². The number of H-pyrrole nitrogens is 1. The summed E-state index contributed by atoms with van der Waals surface area (Å²) in [6, 6.07) is 10.3. The summed E-state index contributed by atoms with van der Waals surface area (Å²) < 4.78 is 66.9. The maximum Gasteiger partial charge on any atom is 0.265 e. The molecule has 10 nitrogen and oxygen atoms in total. The minimum Gasteiger partial charge on any atom is -0.490 e. The fraction of sp³-hybridized carbons (Fsp3) is 0.250. The molecule has 0 saturated heterocycles. The molecule has 1 aromatic heterocycles. The van der Waals surface area contributed by atoms with Gasteiger partial charge in [-0.15, -0.1) is 0 Å². The van der Waals surface area contributed by atoms with Gasteiger partial charge in [0.25, 0.3) is 20.0 Å². The average molecular weight is 479 g/mol. The van der Waals surface area contributed by atoms with Gasteiger partial charge >= 0.3 is 0 Å². The summed E-state index contributed by atoms with van der Waals surface area (Å²) in [5, 5.41) is 6.54. The Morgan fingerprint density at radius 3 is 2.03 bits per heavy atom. The lowest BCUT2D eigenvalue weighted by Crippen LogP contribution is -2.15. The molecule has 0 radical (unpaired) electrons. The zero-order valence-electron chi connectivity index (χ0n) is 17.4. The van der Waals surface area contributed by atoms with Crippen molar-refractivity contribution >= 4 is 31.4 Å². The van der Waals surface area contributed by atoms with Crippen LogP contribution in [0.4, 0.5) is 11.4 Å². The molecule has 2 heterocycles. The van der Waals surface area contributed by atoms with Crippen LogP contribution >= 0.6 is 0 Å². The number of rotatable bonds is 6. The second-order valence-corrected chi connectivity index (χ2v) is 10.5. The van der Waals surface area contributed by atoms with Gasteiger partial charge in [-0.3, -0.25) is 14.5 Å². The van der Waals surface area contributed by atoms with Gasteiger partial charge < -0.3 is 9.47 Å². The number of nitrogens with one attached hydrogen (secondary N) is 3. The number of benzene rings is 2. The summed E-state index contributed by atoms with van der Waals surface area (Å²) in [6.07, 6.45) is 0.713. The lowest BCUT2D eigenvalue weighted by Gasteiger charge is -2.12. The van der Waals surface area contributed by atoms with E-state index in [0.29, 0.717) is 42.5 Å². The first-order valence-corrected chi connectivity index (χ1v) is 12.7. The molecule has 12 heteroatoms. The first kappa shape index (κ1) is 22.0. The Morgan fingerprint density at radius 2 is 1.44 bits per heavy atom. The Morgan fingerprint density at radius 1 is 0.844 bits per heavy atom. The fourth-order valence-corrected chi connectivity index (χ4v) is 5.78. The number of aryl methyl sites for hydroxylation is 2. The molecular weight excluding hydrogens is 456 g/mol. The van der Waals surface area contributed by atoms with Crippen molar-refractivity contribution in [1.29, 1.82) is 0 Å². The first-order chi connectivity index (χ1) is 15.2. The van der Waals surface area contributed by atoms with Crippen LogP contribution < -0.4 is 18.9 Å². The van der Waals surface area contributed by atoms with E-state index >= 15 is 0 Å². The van der Waals surface area contributed by atoms with Crippen molar-refractivity contribution in [2.45, 2.75) is 30.1 Å². The zero-order valence-corrected chi connectivity index (χ0v) is 19.0. The maximum absolute atomic E-state index is 12.8. The van der Waals surface area contributed by atoms with Crippen LogP contribution in [0, 0.1) is 13.8 Å². The van der Waals surface area contributed by atoms with E-state index in [2.05, 4.69) is 19.6 Å². The molecule has 0 aliphatic carbocycles. The normalized spacial score (nSPS) is 13.9. The van der Waals surface area contributed by atoms with E-state index in [9.17, 15) is 16.8 Å². The molecule has 0 unspecified atom stereocenters. The van der Waals surface area contributed by atoms with Gasteiger partial charge in [-0.05, 0) is 50.2 Å². The molecule has 2 aromatic carbocycles. The van der Waals surface area contributed by atoms with E-state index in [1.165, 1.54) is 36.4 Å². The van der Waals surface area contributed by atoms with Crippen molar-refractivity contribution in [3.63, 3.8) is 0 Å². The van der Waals surface area contributed by atoms with Crippen molar-refractivity contribution in [1.82, 2.24) is 10.2 Å². The number of sulfonamides is 2. The van der Waals surface area contributed by atoms with Crippen molar-refractivity contribution in [3.05, 3.63) is 53.9 Å².